The lowest BCUT2D eigenvalue weighted by molar-refractivity contribution is 0.393. The molecule has 0 fully saturated rings. The van der Waals surface area contributed by atoms with Crippen molar-refractivity contribution < 1.29 is 30.7 Å². The molecule has 14 heavy (non-hydrogen) atoms. The SMILES string of the molecule is C=C(F)F.C=C(F)F.FC(F)=C(F)Cl. The predicted octanol–water partition coefficient (Wildman–Crippen LogP) is 5.05. The van der Waals surface area contributed by atoms with E-state index in [-0.39, 0.29) is 0 Å². The van der Waals surface area contributed by atoms with E-state index in [2.05, 4.69) is 24.8 Å². The van der Waals surface area contributed by atoms with Crippen molar-refractivity contribution in [2.45, 2.75) is 0 Å². The molecular formula is C6H4ClF7. The van der Waals surface area contributed by atoms with Crippen LogP contribution in [0.1, 0.15) is 0 Å². The van der Waals surface area contributed by atoms with Crippen molar-refractivity contribution in [1.82, 2.24) is 0 Å². The standard InChI is InChI=1S/C2ClF3.2C2H2F2/c3-1(4)2(5)6;2*1-2(3)4/h;2*1H2. The fourth-order valence-electron chi connectivity index (χ4n) is 0. The van der Waals surface area contributed by atoms with Crippen LogP contribution in [0.2, 0.25) is 0 Å². The minimum atomic E-state index is -2.48. The number of halogens is 8. The molecule has 0 amide bonds. The van der Waals surface area contributed by atoms with Crippen molar-refractivity contribution in [2.24, 2.45) is 0 Å². The molecule has 0 unspecified atom stereocenters. The zero-order chi connectivity index (χ0) is 12.3. The molecule has 84 valence electrons. The molecule has 0 heterocycles. The monoisotopic (exact) mass is 244 g/mol. The van der Waals surface area contributed by atoms with E-state index >= 15 is 0 Å². The van der Waals surface area contributed by atoms with E-state index in [1.807, 2.05) is 0 Å². The second-order valence-corrected chi connectivity index (χ2v) is 1.53. The molecule has 8 heteroatoms. The quantitative estimate of drug-likeness (QED) is 0.523. The molecule has 0 N–H and O–H groups in total. The number of hydrogen-bond donors (Lipinski definition) is 0. The Kier molecular flexibility index (Phi) is 16.1. The Morgan fingerprint density at radius 2 is 0.786 bits per heavy atom. The molecule has 0 saturated carbocycles. The average Bonchev–Trinajstić information content (AvgIpc) is 1.83. The van der Waals surface area contributed by atoms with Gasteiger partial charge in [-0.2, -0.15) is 30.7 Å². The first-order valence-electron chi connectivity index (χ1n) is 2.47. The van der Waals surface area contributed by atoms with Crippen molar-refractivity contribution in [1.29, 1.82) is 0 Å². The molecule has 0 aromatic heterocycles. The second-order valence-electron chi connectivity index (χ2n) is 1.20. The Morgan fingerprint density at radius 1 is 0.714 bits per heavy atom. The largest absolute Gasteiger partial charge is 0.317 e. The summed E-state index contributed by atoms with van der Waals surface area (Å²) in [4.78, 5) is 0. The lowest BCUT2D eigenvalue weighted by Crippen LogP contribution is -1.54. The topological polar surface area (TPSA) is 0 Å². The second kappa shape index (κ2) is 12.0. The van der Waals surface area contributed by atoms with E-state index in [9.17, 15) is 30.7 Å². The van der Waals surface area contributed by atoms with Crippen LogP contribution < -0.4 is 0 Å². The van der Waals surface area contributed by atoms with Crippen LogP contribution in [0, 0.1) is 0 Å². The Hall–Kier alpha value is -0.980. The van der Waals surface area contributed by atoms with Gasteiger partial charge in [0.25, 0.3) is 17.4 Å². The van der Waals surface area contributed by atoms with Crippen LogP contribution in [0.15, 0.2) is 36.7 Å². The highest BCUT2D eigenvalue weighted by molar-refractivity contribution is 6.28. The highest BCUT2D eigenvalue weighted by atomic mass is 35.5. The van der Waals surface area contributed by atoms with Gasteiger partial charge in [0.1, 0.15) is 0 Å². The summed E-state index contributed by atoms with van der Waals surface area (Å²) < 4.78 is 72.3. The first kappa shape index (κ1) is 18.7. The van der Waals surface area contributed by atoms with Gasteiger partial charge in [-0.15, -0.1) is 0 Å². The maximum Gasteiger partial charge on any atom is 0.317 e. The Bertz CT molecular complexity index is 172. The molecule has 0 aromatic carbocycles. The molecule has 0 atom stereocenters. The lowest BCUT2D eigenvalue weighted by atomic mass is 11.1. The van der Waals surface area contributed by atoms with Gasteiger partial charge >= 0.3 is 6.08 Å². The van der Waals surface area contributed by atoms with Crippen LogP contribution in [-0.4, -0.2) is 0 Å². The summed E-state index contributed by atoms with van der Waals surface area (Å²) in [6.45, 7) is 4.44. The molecule has 0 radical (unpaired) electrons. The van der Waals surface area contributed by atoms with Crippen LogP contribution in [0.5, 0.6) is 0 Å². The summed E-state index contributed by atoms with van der Waals surface area (Å²) in [5.74, 6) is 0. The van der Waals surface area contributed by atoms with Crippen LogP contribution in [0.4, 0.5) is 30.7 Å². The molecule has 0 saturated heterocycles. The maximum atomic E-state index is 10.7. The summed E-state index contributed by atoms with van der Waals surface area (Å²) >= 11 is 4.08. The summed E-state index contributed by atoms with van der Waals surface area (Å²) in [6.07, 6.45) is -6.14. The van der Waals surface area contributed by atoms with Crippen LogP contribution in [0.25, 0.3) is 0 Å². The fourth-order valence-corrected chi connectivity index (χ4v) is 0. The van der Waals surface area contributed by atoms with Gasteiger partial charge in [-0.25, -0.2) is 0 Å². The van der Waals surface area contributed by atoms with Crippen LogP contribution in [0.3, 0.4) is 0 Å². The van der Waals surface area contributed by atoms with Gasteiger partial charge in [0.15, 0.2) is 0 Å². The summed E-state index contributed by atoms with van der Waals surface area (Å²) in [5.41, 5.74) is 0. The van der Waals surface area contributed by atoms with E-state index in [0.717, 1.165) is 0 Å². The Balaban J connectivity index is -0.000000135. The molecule has 0 aliphatic rings. The van der Waals surface area contributed by atoms with E-state index in [4.69, 9.17) is 0 Å². The van der Waals surface area contributed by atoms with Crippen molar-refractivity contribution in [3.05, 3.63) is 36.7 Å². The number of rotatable bonds is 0. The first-order valence-corrected chi connectivity index (χ1v) is 2.85. The fraction of sp³-hybridized carbons (Fsp3) is 0. The van der Waals surface area contributed by atoms with Gasteiger partial charge in [0.05, 0.1) is 0 Å². The normalized spacial score (nSPS) is 7.14. The van der Waals surface area contributed by atoms with Gasteiger partial charge in [-0.3, -0.25) is 0 Å². The highest BCUT2D eigenvalue weighted by Gasteiger charge is 1.95. The minimum Gasteiger partial charge on any atom is -0.188 e. The third kappa shape index (κ3) is 121. The van der Waals surface area contributed by atoms with E-state index in [0.29, 0.717) is 0 Å². The Morgan fingerprint density at radius 3 is 0.786 bits per heavy atom. The van der Waals surface area contributed by atoms with Crippen LogP contribution >= 0.6 is 11.6 Å². The van der Waals surface area contributed by atoms with Gasteiger partial charge in [0.2, 0.25) is 0 Å². The van der Waals surface area contributed by atoms with Gasteiger partial charge in [0, 0.05) is 0 Å². The van der Waals surface area contributed by atoms with Gasteiger partial charge in [-0.05, 0) is 24.8 Å². The molecule has 0 aliphatic carbocycles. The lowest BCUT2D eigenvalue weighted by Gasteiger charge is -1.70. The predicted molar refractivity (Wildman–Crippen MR) is 38.9 cm³/mol. The molecule has 0 spiro atoms. The Labute approximate surface area is 80.0 Å². The average molecular weight is 245 g/mol. The van der Waals surface area contributed by atoms with Gasteiger partial charge in [-0.1, -0.05) is 0 Å². The first-order chi connectivity index (χ1) is 6.11. The molecule has 0 bridgehead atoms. The minimum absolute atomic E-state index is 1.83. The van der Waals surface area contributed by atoms with Crippen molar-refractivity contribution in [2.75, 3.05) is 0 Å². The maximum absolute atomic E-state index is 10.7. The zero-order valence-corrected chi connectivity index (χ0v) is 7.19. The summed E-state index contributed by atoms with van der Waals surface area (Å²) in [6, 6.07) is 0. The molecule has 0 aromatic rings. The third-order valence-corrected chi connectivity index (χ3v) is 0.286. The van der Waals surface area contributed by atoms with E-state index < -0.39 is 23.5 Å². The summed E-state index contributed by atoms with van der Waals surface area (Å²) in [5, 5.41) is -1.94. The van der Waals surface area contributed by atoms with Crippen molar-refractivity contribution >= 4 is 11.6 Å². The third-order valence-electron chi connectivity index (χ3n) is 0.143. The van der Waals surface area contributed by atoms with Crippen LogP contribution in [-0.2, 0) is 0 Å². The van der Waals surface area contributed by atoms with Gasteiger partial charge < -0.3 is 0 Å². The molecule has 0 rings (SSSR count). The smallest absolute Gasteiger partial charge is 0.188 e. The highest BCUT2D eigenvalue weighted by Crippen LogP contribution is 2.11. The summed E-state index contributed by atoms with van der Waals surface area (Å²) in [7, 11) is 0. The number of hydrogen-bond acceptors (Lipinski definition) is 0. The molecule has 0 nitrogen and oxygen atoms in total. The van der Waals surface area contributed by atoms with Crippen molar-refractivity contribution in [3.63, 3.8) is 0 Å². The van der Waals surface area contributed by atoms with E-state index in [1.165, 1.54) is 0 Å². The van der Waals surface area contributed by atoms with Crippen molar-refractivity contribution in [3.8, 4) is 0 Å². The van der Waals surface area contributed by atoms with E-state index in [1.54, 1.807) is 0 Å². The molecular weight excluding hydrogens is 241 g/mol. The zero-order valence-electron chi connectivity index (χ0n) is 6.44. The molecule has 0 aliphatic heterocycles.